The molecule has 0 spiro atoms. The molecule has 1 aromatic carbocycles. The number of nitrogens with zero attached hydrogens (tertiary/aromatic N) is 3. The van der Waals surface area contributed by atoms with Crippen LogP contribution in [-0.2, 0) is 11.2 Å². The van der Waals surface area contributed by atoms with Crippen molar-refractivity contribution in [2.24, 2.45) is 0 Å². The van der Waals surface area contributed by atoms with E-state index in [0.717, 1.165) is 28.3 Å². The number of nitrogens with one attached hydrogen (secondary N) is 2. The van der Waals surface area contributed by atoms with Gasteiger partial charge in [0.25, 0.3) is 5.91 Å². The Hall–Kier alpha value is -2.93. The predicted octanol–water partition coefficient (Wildman–Crippen LogP) is 2.79. The van der Waals surface area contributed by atoms with E-state index in [1.54, 1.807) is 24.3 Å². The summed E-state index contributed by atoms with van der Waals surface area (Å²) in [5.41, 5.74) is 5.22. The van der Waals surface area contributed by atoms with Crippen molar-refractivity contribution in [2.75, 3.05) is 13.1 Å². The summed E-state index contributed by atoms with van der Waals surface area (Å²) in [5.74, 6) is -0.266. The normalized spacial score (nSPS) is 10.9. The Kier molecular flexibility index (Phi) is 6.49. The van der Waals surface area contributed by atoms with Crippen molar-refractivity contribution in [2.45, 2.75) is 33.6 Å². The predicted molar refractivity (Wildman–Crippen MR) is 112 cm³/mol. The van der Waals surface area contributed by atoms with Crippen LogP contribution in [0.2, 0.25) is 5.02 Å². The van der Waals surface area contributed by atoms with Gasteiger partial charge in [-0.3, -0.25) is 9.59 Å². The van der Waals surface area contributed by atoms with Crippen molar-refractivity contribution in [3.63, 3.8) is 0 Å². The fourth-order valence-electron chi connectivity index (χ4n) is 3.21. The van der Waals surface area contributed by atoms with Crippen LogP contribution in [0.4, 0.5) is 0 Å². The topological polar surface area (TPSA) is 88.4 Å². The first-order valence-corrected chi connectivity index (χ1v) is 9.86. The van der Waals surface area contributed by atoms with Crippen LogP contribution >= 0.6 is 11.6 Å². The lowest BCUT2D eigenvalue weighted by molar-refractivity contribution is -0.121. The molecule has 2 aromatic heterocycles. The molecule has 0 saturated heterocycles. The lowest BCUT2D eigenvalue weighted by atomic mass is 10.1. The van der Waals surface area contributed by atoms with Gasteiger partial charge >= 0.3 is 0 Å². The largest absolute Gasteiger partial charge is 0.354 e. The molecule has 2 amide bonds. The van der Waals surface area contributed by atoms with E-state index >= 15 is 0 Å². The Morgan fingerprint density at radius 1 is 1.07 bits per heavy atom. The molecule has 0 saturated carbocycles. The van der Waals surface area contributed by atoms with E-state index in [4.69, 9.17) is 11.6 Å². The summed E-state index contributed by atoms with van der Waals surface area (Å²) in [6.45, 7) is 6.60. The Labute approximate surface area is 174 Å². The van der Waals surface area contributed by atoms with Gasteiger partial charge < -0.3 is 10.6 Å². The van der Waals surface area contributed by atoms with Gasteiger partial charge in [-0.15, -0.1) is 0 Å². The van der Waals surface area contributed by atoms with Gasteiger partial charge in [0.1, 0.15) is 0 Å². The average Bonchev–Trinajstić information content (AvgIpc) is 3.05. The molecule has 3 aromatic rings. The molecular formula is C21H24ClN5O2. The quantitative estimate of drug-likeness (QED) is 0.583. The Bertz CT molecular complexity index is 1040. The summed E-state index contributed by atoms with van der Waals surface area (Å²) in [4.78, 5) is 28.8. The summed E-state index contributed by atoms with van der Waals surface area (Å²) < 4.78 is 1.82. The van der Waals surface area contributed by atoms with Crippen LogP contribution in [0.15, 0.2) is 30.3 Å². The van der Waals surface area contributed by atoms with Gasteiger partial charge in [0.15, 0.2) is 5.65 Å². The molecule has 0 radical (unpaired) electrons. The lowest BCUT2D eigenvalue weighted by Crippen LogP contribution is -2.34. The Morgan fingerprint density at radius 3 is 2.48 bits per heavy atom. The van der Waals surface area contributed by atoms with Gasteiger partial charge in [-0.2, -0.15) is 5.10 Å². The molecule has 0 aliphatic heterocycles. The number of carbonyl (C=O) groups excluding carboxylic acids is 2. The van der Waals surface area contributed by atoms with Gasteiger partial charge in [0.2, 0.25) is 5.91 Å². The zero-order chi connectivity index (χ0) is 21.0. The molecular weight excluding hydrogens is 390 g/mol. The minimum atomic E-state index is -0.198. The lowest BCUT2D eigenvalue weighted by Gasteiger charge is -2.11. The number of carbonyl (C=O) groups is 2. The van der Waals surface area contributed by atoms with Crippen LogP contribution in [0.1, 0.15) is 39.4 Å². The molecule has 152 valence electrons. The maximum atomic E-state index is 12.2. The molecule has 2 heterocycles. The van der Waals surface area contributed by atoms with Crippen molar-refractivity contribution >= 4 is 29.1 Å². The molecule has 2 N–H and O–H groups in total. The Balaban J connectivity index is 1.46. The zero-order valence-corrected chi connectivity index (χ0v) is 17.5. The first-order valence-electron chi connectivity index (χ1n) is 9.48. The van der Waals surface area contributed by atoms with Crippen LogP contribution in [0.3, 0.4) is 0 Å². The molecule has 0 atom stereocenters. The number of aromatic nitrogens is 3. The van der Waals surface area contributed by atoms with Crippen molar-refractivity contribution in [1.82, 2.24) is 25.2 Å². The first kappa shape index (κ1) is 20.8. The monoisotopic (exact) mass is 413 g/mol. The third kappa shape index (κ3) is 5.12. The van der Waals surface area contributed by atoms with Crippen molar-refractivity contribution in [3.05, 3.63) is 63.6 Å². The number of hydrogen-bond donors (Lipinski definition) is 2. The smallest absolute Gasteiger partial charge is 0.251 e. The number of aryl methyl sites for hydroxylation is 3. The standard InChI is InChI=1S/C21H24ClN5O2/c1-13-12-19-25-14(2)18(15(3)27(19)26-13)8-9-20(28)23-10-11-24-21(29)16-4-6-17(22)7-5-16/h4-7,12H,8-11H2,1-3H3,(H,23,28)(H,24,29). The fraction of sp³-hybridized carbons (Fsp3) is 0.333. The highest BCUT2D eigenvalue weighted by atomic mass is 35.5. The number of benzene rings is 1. The SMILES string of the molecule is Cc1cc2nc(C)c(CCC(=O)NCCNC(=O)c3ccc(Cl)cc3)c(C)n2n1. The highest BCUT2D eigenvalue weighted by molar-refractivity contribution is 6.30. The van der Waals surface area contributed by atoms with Crippen molar-refractivity contribution in [1.29, 1.82) is 0 Å². The molecule has 0 aliphatic carbocycles. The van der Waals surface area contributed by atoms with Gasteiger partial charge in [0, 0.05) is 47.6 Å². The van der Waals surface area contributed by atoms with Crippen molar-refractivity contribution < 1.29 is 9.59 Å². The van der Waals surface area contributed by atoms with Gasteiger partial charge in [0.05, 0.1) is 5.69 Å². The molecule has 8 heteroatoms. The summed E-state index contributed by atoms with van der Waals surface area (Å²) in [6.07, 6.45) is 0.933. The minimum Gasteiger partial charge on any atom is -0.354 e. The van der Waals surface area contributed by atoms with E-state index in [9.17, 15) is 9.59 Å². The van der Waals surface area contributed by atoms with Crippen LogP contribution < -0.4 is 10.6 Å². The molecule has 0 bridgehead atoms. The number of amides is 2. The molecule has 7 nitrogen and oxygen atoms in total. The number of fused-ring (bicyclic) bond motifs is 1. The van der Waals surface area contributed by atoms with E-state index in [1.807, 2.05) is 31.4 Å². The van der Waals surface area contributed by atoms with E-state index in [1.165, 1.54) is 0 Å². The molecule has 3 rings (SSSR count). The Morgan fingerprint density at radius 2 is 1.76 bits per heavy atom. The van der Waals surface area contributed by atoms with Crippen LogP contribution in [0.25, 0.3) is 5.65 Å². The summed E-state index contributed by atoms with van der Waals surface area (Å²) in [5, 5.41) is 10.6. The number of halogens is 1. The van der Waals surface area contributed by atoms with Crippen LogP contribution in [0.5, 0.6) is 0 Å². The molecule has 29 heavy (non-hydrogen) atoms. The third-order valence-corrected chi connectivity index (χ3v) is 4.98. The highest BCUT2D eigenvalue weighted by Gasteiger charge is 2.13. The van der Waals surface area contributed by atoms with E-state index in [-0.39, 0.29) is 11.8 Å². The van der Waals surface area contributed by atoms with Crippen LogP contribution in [0, 0.1) is 20.8 Å². The van der Waals surface area contributed by atoms with E-state index < -0.39 is 0 Å². The molecule has 0 aliphatic rings. The van der Waals surface area contributed by atoms with E-state index in [2.05, 4.69) is 20.7 Å². The minimum absolute atomic E-state index is 0.0683. The average molecular weight is 414 g/mol. The second-order valence-corrected chi connectivity index (χ2v) is 7.37. The van der Waals surface area contributed by atoms with Crippen molar-refractivity contribution in [3.8, 4) is 0 Å². The maximum absolute atomic E-state index is 12.2. The highest BCUT2D eigenvalue weighted by Crippen LogP contribution is 2.17. The van der Waals surface area contributed by atoms with Crippen LogP contribution in [-0.4, -0.2) is 39.5 Å². The van der Waals surface area contributed by atoms with Gasteiger partial charge in [-0.1, -0.05) is 11.6 Å². The van der Waals surface area contributed by atoms with E-state index in [0.29, 0.717) is 36.5 Å². The summed E-state index contributed by atoms with van der Waals surface area (Å²) in [6, 6.07) is 8.59. The number of rotatable bonds is 7. The first-order chi connectivity index (χ1) is 13.8. The maximum Gasteiger partial charge on any atom is 0.251 e. The summed E-state index contributed by atoms with van der Waals surface area (Å²) >= 11 is 5.81. The second kappa shape index (κ2) is 9.05. The second-order valence-electron chi connectivity index (χ2n) is 6.93. The molecule has 0 unspecified atom stereocenters. The summed E-state index contributed by atoms with van der Waals surface area (Å²) in [7, 11) is 0. The fourth-order valence-corrected chi connectivity index (χ4v) is 3.34. The third-order valence-electron chi connectivity index (χ3n) is 4.73. The van der Waals surface area contributed by atoms with Gasteiger partial charge in [-0.05, 0) is 57.0 Å². The number of hydrogen-bond acceptors (Lipinski definition) is 4. The zero-order valence-electron chi connectivity index (χ0n) is 16.8. The van der Waals surface area contributed by atoms with Gasteiger partial charge in [-0.25, -0.2) is 9.50 Å². The molecule has 0 fully saturated rings.